The van der Waals surface area contributed by atoms with Crippen molar-refractivity contribution in [3.8, 4) is 5.75 Å². The highest BCUT2D eigenvalue weighted by molar-refractivity contribution is 6.31. The van der Waals surface area contributed by atoms with E-state index in [1.165, 1.54) is 0 Å². The van der Waals surface area contributed by atoms with Gasteiger partial charge in [0.1, 0.15) is 5.75 Å². The van der Waals surface area contributed by atoms with Crippen molar-refractivity contribution in [2.45, 2.75) is 0 Å². The molecule has 0 aliphatic rings. The summed E-state index contributed by atoms with van der Waals surface area (Å²) in [6.45, 7) is -0.373. The van der Waals surface area contributed by atoms with E-state index in [1.807, 2.05) is 0 Å². The van der Waals surface area contributed by atoms with E-state index in [4.69, 9.17) is 21.4 Å². The van der Waals surface area contributed by atoms with Gasteiger partial charge in [0.25, 0.3) is 0 Å². The first-order chi connectivity index (χ1) is 7.66. The van der Waals surface area contributed by atoms with Crippen LogP contribution in [0, 0.1) is 0 Å². The number of benzene rings is 1. The molecule has 1 heterocycles. The maximum absolute atomic E-state index is 10.4. The van der Waals surface area contributed by atoms with E-state index < -0.39 is 5.97 Å². The summed E-state index contributed by atoms with van der Waals surface area (Å²) in [6, 6.07) is 6.78. The van der Waals surface area contributed by atoms with E-state index in [-0.39, 0.29) is 6.61 Å². The Bertz CT molecular complexity index is 542. The molecule has 0 unspecified atom stereocenters. The van der Waals surface area contributed by atoms with Crippen LogP contribution in [0.25, 0.3) is 10.9 Å². The first-order valence-electron chi connectivity index (χ1n) is 4.55. The Morgan fingerprint density at radius 1 is 1.44 bits per heavy atom. The molecule has 1 aromatic heterocycles. The smallest absolute Gasteiger partial charge is 0.341 e. The van der Waals surface area contributed by atoms with E-state index in [0.29, 0.717) is 16.3 Å². The number of hydrogen-bond acceptors (Lipinski definition) is 3. The Hall–Kier alpha value is -1.81. The number of halogens is 1. The molecule has 0 bridgehead atoms. The zero-order chi connectivity index (χ0) is 11.5. The second-order valence-corrected chi connectivity index (χ2v) is 3.59. The first-order valence-corrected chi connectivity index (χ1v) is 4.93. The van der Waals surface area contributed by atoms with Gasteiger partial charge in [-0.25, -0.2) is 4.79 Å². The third kappa shape index (κ3) is 2.23. The minimum absolute atomic E-state index is 0.373. The molecular weight excluding hydrogens is 230 g/mol. The van der Waals surface area contributed by atoms with Crippen molar-refractivity contribution in [3.63, 3.8) is 0 Å². The molecule has 1 N–H and O–H groups in total. The molecule has 0 amide bonds. The summed E-state index contributed by atoms with van der Waals surface area (Å²) in [5, 5.41) is 9.85. The van der Waals surface area contributed by atoms with Gasteiger partial charge in [0.05, 0.1) is 5.52 Å². The average molecular weight is 238 g/mol. The number of aliphatic carboxylic acids is 1. The largest absolute Gasteiger partial charge is 0.481 e. The second-order valence-electron chi connectivity index (χ2n) is 3.15. The van der Waals surface area contributed by atoms with Crippen LogP contribution in [0.3, 0.4) is 0 Å². The van der Waals surface area contributed by atoms with Gasteiger partial charge >= 0.3 is 5.97 Å². The van der Waals surface area contributed by atoms with Gasteiger partial charge in [0, 0.05) is 16.6 Å². The van der Waals surface area contributed by atoms with E-state index in [0.717, 1.165) is 5.39 Å². The number of carboxylic acids is 1. The molecule has 0 radical (unpaired) electrons. The van der Waals surface area contributed by atoms with Crippen LogP contribution in [0.5, 0.6) is 5.75 Å². The van der Waals surface area contributed by atoms with Gasteiger partial charge in [-0.1, -0.05) is 11.6 Å². The Morgan fingerprint density at radius 3 is 3.00 bits per heavy atom. The molecule has 0 aliphatic carbocycles. The van der Waals surface area contributed by atoms with Crippen LogP contribution >= 0.6 is 11.6 Å². The van der Waals surface area contributed by atoms with Crippen LogP contribution in [0.4, 0.5) is 0 Å². The lowest BCUT2D eigenvalue weighted by Gasteiger charge is -2.06. The van der Waals surface area contributed by atoms with E-state index >= 15 is 0 Å². The van der Waals surface area contributed by atoms with Gasteiger partial charge < -0.3 is 9.84 Å². The van der Waals surface area contributed by atoms with Crippen LogP contribution in [0.1, 0.15) is 0 Å². The van der Waals surface area contributed by atoms with Crippen molar-refractivity contribution in [3.05, 3.63) is 35.5 Å². The normalized spacial score (nSPS) is 10.3. The predicted molar refractivity (Wildman–Crippen MR) is 59.9 cm³/mol. The summed E-state index contributed by atoms with van der Waals surface area (Å²) >= 11 is 5.82. The third-order valence-electron chi connectivity index (χ3n) is 2.02. The van der Waals surface area contributed by atoms with Gasteiger partial charge in [-0.2, -0.15) is 0 Å². The summed E-state index contributed by atoms with van der Waals surface area (Å²) in [7, 11) is 0. The molecule has 0 aliphatic heterocycles. The second kappa shape index (κ2) is 4.37. The number of ether oxygens (including phenoxy) is 1. The summed E-state index contributed by atoms with van der Waals surface area (Å²) in [5.41, 5.74) is 0.676. The van der Waals surface area contributed by atoms with Gasteiger partial charge in [0.2, 0.25) is 0 Å². The van der Waals surface area contributed by atoms with Gasteiger partial charge in [0.15, 0.2) is 6.61 Å². The number of hydrogen-bond donors (Lipinski definition) is 1. The monoisotopic (exact) mass is 237 g/mol. The molecular formula is C11H8ClNO3. The lowest BCUT2D eigenvalue weighted by Crippen LogP contribution is -2.09. The molecule has 0 saturated heterocycles. The van der Waals surface area contributed by atoms with Crippen LogP contribution in [0.2, 0.25) is 5.02 Å². The highest BCUT2D eigenvalue weighted by Gasteiger charge is 2.05. The number of carboxylic acid groups (broad SMARTS) is 1. The number of pyridine rings is 1. The molecule has 2 rings (SSSR count). The zero-order valence-corrected chi connectivity index (χ0v) is 8.94. The number of rotatable bonds is 3. The number of carbonyl (C=O) groups is 1. The van der Waals surface area contributed by atoms with E-state index in [2.05, 4.69) is 4.98 Å². The molecule has 0 saturated carbocycles. The maximum atomic E-state index is 10.4. The van der Waals surface area contributed by atoms with Crippen LogP contribution in [0.15, 0.2) is 30.5 Å². The van der Waals surface area contributed by atoms with Gasteiger partial charge in [-0.3, -0.25) is 4.98 Å². The molecule has 0 atom stereocenters. The van der Waals surface area contributed by atoms with Crippen molar-refractivity contribution >= 4 is 28.5 Å². The summed E-state index contributed by atoms with van der Waals surface area (Å²) in [6.07, 6.45) is 1.55. The van der Waals surface area contributed by atoms with E-state index in [1.54, 1.807) is 30.5 Å². The van der Waals surface area contributed by atoms with Crippen molar-refractivity contribution in [2.75, 3.05) is 6.61 Å². The highest BCUT2D eigenvalue weighted by Crippen LogP contribution is 2.25. The molecule has 0 fully saturated rings. The Balaban J connectivity index is 2.41. The third-order valence-corrected chi connectivity index (χ3v) is 2.25. The minimum atomic E-state index is -1.01. The zero-order valence-electron chi connectivity index (χ0n) is 8.18. The average Bonchev–Trinajstić information content (AvgIpc) is 2.25. The molecule has 2 aromatic rings. The molecule has 0 spiro atoms. The summed E-state index contributed by atoms with van der Waals surface area (Å²) < 4.78 is 5.14. The fourth-order valence-electron chi connectivity index (χ4n) is 1.36. The minimum Gasteiger partial charge on any atom is -0.481 e. The van der Waals surface area contributed by atoms with Crippen LogP contribution < -0.4 is 4.74 Å². The fourth-order valence-corrected chi connectivity index (χ4v) is 1.53. The predicted octanol–water partition coefficient (Wildman–Crippen LogP) is 2.35. The lowest BCUT2D eigenvalue weighted by atomic mass is 10.2. The first kappa shape index (κ1) is 10.7. The quantitative estimate of drug-likeness (QED) is 0.890. The Labute approximate surface area is 96.4 Å². The molecule has 82 valence electrons. The molecule has 1 aromatic carbocycles. The van der Waals surface area contributed by atoms with Crippen molar-refractivity contribution < 1.29 is 14.6 Å². The Morgan fingerprint density at radius 2 is 2.25 bits per heavy atom. The standard InChI is InChI=1S/C11H8ClNO3/c12-7-1-2-8-9(5-7)13-4-3-10(8)16-6-11(14)15/h1-5H,6H2,(H,14,15). The Kier molecular flexibility index (Phi) is 2.92. The summed E-state index contributed by atoms with van der Waals surface area (Å²) in [5.74, 6) is -0.525. The topological polar surface area (TPSA) is 59.4 Å². The van der Waals surface area contributed by atoms with Crippen LogP contribution in [-0.4, -0.2) is 22.7 Å². The van der Waals surface area contributed by atoms with Gasteiger partial charge in [-0.15, -0.1) is 0 Å². The van der Waals surface area contributed by atoms with Gasteiger partial charge in [-0.05, 0) is 24.3 Å². The SMILES string of the molecule is O=C(O)COc1ccnc2cc(Cl)ccc12. The van der Waals surface area contributed by atoms with Crippen molar-refractivity contribution in [1.29, 1.82) is 0 Å². The van der Waals surface area contributed by atoms with Crippen molar-refractivity contribution in [2.24, 2.45) is 0 Å². The molecule has 16 heavy (non-hydrogen) atoms. The molecule has 4 nitrogen and oxygen atoms in total. The van der Waals surface area contributed by atoms with E-state index in [9.17, 15) is 4.79 Å². The maximum Gasteiger partial charge on any atom is 0.341 e. The highest BCUT2D eigenvalue weighted by atomic mass is 35.5. The summed E-state index contributed by atoms with van der Waals surface area (Å²) in [4.78, 5) is 14.5. The fraction of sp³-hybridized carbons (Fsp3) is 0.0909. The number of fused-ring (bicyclic) bond motifs is 1. The molecule has 5 heteroatoms. The number of aromatic nitrogens is 1. The number of nitrogens with zero attached hydrogens (tertiary/aromatic N) is 1. The van der Waals surface area contributed by atoms with Crippen molar-refractivity contribution in [1.82, 2.24) is 4.98 Å². The van der Waals surface area contributed by atoms with Crippen LogP contribution in [-0.2, 0) is 4.79 Å². The lowest BCUT2D eigenvalue weighted by molar-refractivity contribution is -0.139.